The second-order valence-electron chi connectivity index (χ2n) is 6.84. The van der Waals surface area contributed by atoms with Crippen molar-refractivity contribution in [2.45, 2.75) is 25.0 Å². The van der Waals surface area contributed by atoms with Gasteiger partial charge in [-0.15, -0.1) is 0 Å². The second kappa shape index (κ2) is 6.77. The van der Waals surface area contributed by atoms with Crippen molar-refractivity contribution in [2.75, 3.05) is 0 Å². The number of fused-ring (bicyclic) bond motifs is 1. The minimum atomic E-state index is -0.302. The molecule has 26 heavy (non-hydrogen) atoms. The van der Waals surface area contributed by atoms with E-state index in [1.54, 1.807) is 6.07 Å². The number of benzene rings is 2. The molecule has 1 aliphatic carbocycles. The van der Waals surface area contributed by atoms with Crippen LogP contribution < -0.4 is 10.9 Å². The summed E-state index contributed by atoms with van der Waals surface area (Å²) in [4.78, 5) is 27.7. The summed E-state index contributed by atoms with van der Waals surface area (Å²) in [6.45, 7) is 0. The molecule has 3 N–H and O–H groups in total. The van der Waals surface area contributed by atoms with Gasteiger partial charge in [-0.1, -0.05) is 48.5 Å². The Morgan fingerprint density at radius 2 is 1.77 bits per heavy atom. The molecule has 4 rings (SSSR count). The molecule has 3 aromatic rings. The van der Waals surface area contributed by atoms with E-state index in [0.29, 0.717) is 29.3 Å². The van der Waals surface area contributed by atoms with Crippen molar-refractivity contribution < 1.29 is 9.90 Å². The van der Waals surface area contributed by atoms with E-state index in [4.69, 9.17) is 0 Å². The summed E-state index contributed by atoms with van der Waals surface area (Å²) in [5, 5.41) is 13.5. The zero-order valence-corrected chi connectivity index (χ0v) is 14.2. The molecule has 0 unspecified atom stereocenters. The summed E-state index contributed by atoms with van der Waals surface area (Å²) in [5.74, 6) is -0.0906. The van der Waals surface area contributed by atoms with Crippen LogP contribution in [0.15, 0.2) is 65.5 Å². The average molecular weight is 348 g/mol. The van der Waals surface area contributed by atoms with Crippen molar-refractivity contribution >= 4 is 16.8 Å². The lowest BCUT2D eigenvalue weighted by molar-refractivity contribution is 0.0235. The van der Waals surface area contributed by atoms with Gasteiger partial charge in [-0.05, 0) is 30.4 Å². The van der Waals surface area contributed by atoms with Crippen LogP contribution in [0.2, 0.25) is 0 Å². The van der Waals surface area contributed by atoms with Gasteiger partial charge in [0.05, 0.1) is 17.7 Å². The van der Waals surface area contributed by atoms with Crippen LogP contribution in [0.25, 0.3) is 10.9 Å². The lowest BCUT2D eigenvalue weighted by atomic mass is 9.75. The number of carbonyl (C=O) groups excluding carboxylic acids is 1. The van der Waals surface area contributed by atoms with E-state index >= 15 is 0 Å². The van der Waals surface area contributed by atoms with Gasteiger partial charge < -0.3 is 15.4 Å². The fourth-order valence-corrected chi connectivity index (χ4v) is 3.65. The summed E-state index contributed by atoms with van der Waals surface area (Å²) in [6.07, 6.45) is 1.02. The topological polar surface area (TPSA) is 82.2 Å². The summed E-state index contributed by atoms with van der Waals surface area (Å²) < 4.78 is 0. The lowest BCUT2D eigenvalue weighted by Gasteiger charge is -2.38. The molecule has 1 fully saturated rings. The van der Waals surface area contributed by atoms with Crippen molar-refractivity contribution in [3.05, 3.63) is 82.1 Å². The summed E-state index contributed by atoms with van der Waals surface area (Å²) >= 11 is 0. The van der Waals surface area contributed by atoms with E-state index in [-0.39, 0.29) is 29.5 Å². The molecule has 0 spiro atoms. The molecule has 1 heterocycles. The summed E-state index contributed by atoms with van der Waals surface area (Å²) in [7, 11) is 0. The van der Waals surface area contributed by atoms with E-state index in [2.05, 4.69) is 10.3 Å². The number of rotatable bonds is 4. The smallest absolute Gasteiger partial charge is 0.252 e. The van der Waals surface area contributed by atoms with Crippen LogP contribution in [-0.4, -0.2) is 22.1 Å². The molecule has 1 aromatic heterocycles. The number of aliphatic hydroxyl groups is 1. The van der Waals surface area contributed by atoms with Crippen molar-refractivity contribution in [3.8, 4) is 0 Å². The molecule has 0 bridgehead atoms. The second-order valence-corrected chi connectivity index (χ2v) is 6.84. The van der Waals surface area contributed by atoms with E-state index in [1.807, 2.05) is 48.5 Å². The molecule has 132 valence electrons. The predicted molar refractivity (Wildman–Crippen MR) is 99.9 cm³/mol. The largest absolute Gasteiger partial charge is 0.393 e. The number of carbonyl (C=O) groups is 1. The predicted octanol–water partition coefficient (Wildman–Crippen LogP) is 2.77. The number of aromatic amines is 1. The summed E-state index contributed by atoms with van der Waals surface area (Å²) in [6, 6.07) is 18.2. The molecule has 1 saturated carbocycles. The number of H-pyrrole nitrogens is 1. The van der Waals surface area contributed by atoms with Crippen LogP contribution >= 0.6 is 0 Å². The van der Waals surface area contributed by atoms with Gasteiger partial charge >= 0.3 is 0 Å². The van der Waals surface area contributed by atoms with Gasteiger partial charge in [0.25, 0.3) is 5.91 Å². The Bertz CT molecular complexity index is 991. The van der Waals surface area contributed by atoms with Crippen LogP contribution in [0.1, 0.15) is 34.8 Å². The monoisotopic (exact) mass is 348 g/mol. The first-order valence-corrected chi connectivity index (χ1v) is 8.78. The van der Waals surface area contributed by atoms with Crippen LogP contribution in [-0.2, 0) is 0 Å². The molecule has 0 radical (unpaired) electrons. The van der Waals surface area contributed by atoms with Crippen molar-refractivity contribution in [3.63, 3.8) is 0 Å². The van der Waals surface area contributed by atoms with Crippen LogP contribution in [0, 0.1) is 5.92 Å². The number of hydrogen-bond donors (Lipinski definition) is 3. The third-order valence-electron chi connectivity index (χ3n) is 5.06. The molecule has 1 atom stereocenters. The van der Waals surface area contributed by atoms with Crippen LogP contribution in [0.5, 0.6) is 0 Å². The highest BCUT2D eigenvalue weighted by Crippen LogP contribution is 2.38. The standard InChI is InChI=1S/C21H20N2O3/c24-15-10-14(11-15)20(13-6-2-1-3-7-13)23-21(26)17-12-19(25)22-18-9-5-4-8-16(17)18/h1-9,12,14-15,20,24H,10-11H2,(H,22,25)(H,23,26)/t14?,15?,20-/m1/s1. The first-order chi connectivity index (χ1) is 12.6. The first kappa shape index (κ1) is 16.5. The fraction of sp³-hybridized carbons (Fsp3) is 0.238. The molecular formula is C21H20N2O3. The highest BCUT2D eigenvalue weighted by molar-refractivity contribution is 6.06. The van der Waals surface area contributed by atoms with Gasteiger partial charge in [0, 0.05) is 17.0 Å². The lowest BCUT2D eigenvalue weighted by Crippen LogP contribution is -2.41. The first-order valence-electron chi connectivity index (χ1n) is 8.78. The fourth-order valence-electron chi connectivity index (χ4n) is 3.65. The minimum Gasteiger partial charge on any atom is -0.393 e. The number of amides is 1. The Morgan fingerprint density at radius 3 is 2.50 bits per heavy atom. The van der Waals surface area contributed by atoms with Crippen molar-refractivity contribution in [2.24, 2.45) is 5.92 Å². The van der Waals surface area contributed by atoms with Crippen molar-refractivity contribution in [1.82, 2.24) is 10.3 Å². The Hall–Kier alpha value is -2.92. The number of hydrogen-bond acceptors (Lipinski definition) is 3. The average Bonchev–Trinajstić information content (AvgIpc) is 2.63. The molecule has 2 aromatic carbocycles. The Balaban J connectivity index is 1.68. The maximum atomic E-state index is 13.0. The van der Waals surface area contributed by atoms with Gasteiger partial charge in [-0.2, -0.15) is 0 Å². The van der Waals surface area contributed by atoms with Crippen LogP contribution in [0.4, 0.5) is 0 Å². The maximum Gasteiger partial charge on any atom is 0.252 e. The maximum absolute atomic E-state index is 13.0. The third kappa shape index (κ3) is 3.13. The molecule has 5 heteroatoms. The number of para-hydroxylation sites is 1. The van der Waals surface area contributed by atoms with Gasteiger partial charge in [-0.3, -0.25) is 9.59 Å². The normalized spacial score (nSPS) is 20.3. The molecule has 5 nitrogen and oxygen atoms in total. The van der Waals surface area contributed by atoms with Gasteiger partial charge in [-0.25, -0.2) is 0 Å². The zero-order valence-electron chi connectivity index (χ0n) is 14.2. The number of nitrogens with one attached hydrogen (secondary N) is 2. The Labute approximate surface area is 150 Å². The van der Waals surface area contributed by atoms with Gasteiger partial charge in [0.15, 0.2) is 0 Å². The Kier molecular flexibility index (Phi) is 4.31. The Morgan fingerprint density at radius 1 is 1.08 bits per heavy atom. The molecule has 0 saturated heterocycles. The van der Waals surface area contributed by atoms with Crippen molar-refractivity contribution in [1.29, 1.82) is 0 Å². The zero-order chi connectivity index (χ0) is 18.1. The van der Waals surface area contributed by atoms with Gasteiger partial charge in [0.1, 0.15) is 0 Å². The molecule has 1 aliphatic rings. The van der Waals surface area contributed by atoms with Gasteiger partial charge in [0.2, 0.25) is 5.56 Å². The van der Waals surface area contributed by atoms with E-state index < -0.39 is 0 Å². The minimum absolute atomic E-state index is 0.185. The number of aromatic nitrogens is 1. The molecule has 1 amide bonds. The highest BCUT2D eigenvalue weighted by Gasteiger charge is 2.35. The van der Waals surface area contributed by atoms with E-state index in [9.17, 15) is 14.7 Å². The number of pyridine rings is 1. The molecule has 0 aliphatic heterocycles. The third-order valence-corrected chi connectivity index (χ3v) is 5.06. The van der Waals surface area contributed by atoms with E-state index in [1.165, 1.54) is 6.07 Å². The highest BCUT2D eigenvalue weighted by atomic mass is 16.3. The summed E-state index contributed by atoms with van der Waals surface area (Å²) in [5.41, 5.74) is 1.71. The quantitative estimate of drug-likeness (QED) is 0.678. The van der Waals surface area contributed by atoms with E-state index in [0.717, 1.165) is 5.56 Å². The number of aliphatic hydroxyl groups excluding tert-OH is 1. The van der Waals surface area contributed by atoms with Crippen LogP contribution in [0.3, 0.4) is 0 Å². The molecular weight excluding hydrogens is 328 g/mol. The SMILES string of the molecule is O=C(N[C@H](c1ccccc1)C1CC(O)C1)c1cc(=O)[nH]c2ccccc12.